The zero-order chi connectivity index (χ0) is 28.7. The molecule has 0 aliphatic heterocycles. The summed E-state index contributed by atoms with van der Waals surface area (Å²) in [6.45, 7) is 4.43. The molecule has 0 fully saturated rings. The largest absolute Gasteiger partial charge is 0.494 e. The van der Waals surface area contributed by atoms with Crippen molar-refractivity contribution in [2.75, 3.05) is 13.2 Å². The molecule has 2 rings (SSSR count). The molecule has 0 spiro atoms. The molecule has 2 aromatic rings. The highest BCUT2D eigenvalue weighted by molar-refractivity contribution is 5.93. The number of ether oxygens (including phenoxy) is 4. The molecule has 0 heterocycles. The molecule has 0 aliphatic carbocycles. The van der Waals surface area contributed by atoms with Gasteiger partial charge in [0.2, 0.25) is 0 Å². The molecule has 0 amide bonds. The van der Waals surface area contributed by atoms with E-state index in [-0.39, 0.29) is 23.5 Å². The lowest BCUT2D eigenvalue weighted by atomic mass is 10.2. The molecule has 1 atom stereocenters. The molecule has 0 saturated carbocycles. The number of halogens is 3. The quantitative estimate of drug-likeness (QED) is 0.125. The lowest BCUT2D eigenvalue weighted by Crippen LogP contribution is -2.42. The number of carbonyl (C=O) groups is 3. The Morgan fingerprint density at radius 3 is 1.79 bits per heavy atom. The van der Waals surface area contributed by atoms with Gasteiger partial charge in [0.1, 0.15) is 11.5 Å². The van der Waals surface area contributed by atoms with Gasteiger partial charge < -0.3 is 18.9 Å². The van der Waals surface area contributed by atoms with Crippen LogP contribution < -0.4 is 9.47 Å². The number of alkyl halides is 3. The minimum atomic E-state index is -5.14. The van der Waals surface area contributed by atoms with Crippen molar-refractivity contribution in [1.82, 2.24) is 0 Å². The predicted molar refractivity (Wildman–Crippen MR) is 138 cm³/mol. The minimum Gasteiger partial charge on any atom is -0.494 e. The number of unbranched alkanes of at least 4 members (excludes halogenated alkanes) is 6. The highest BCUT2D eigenvalue weighted by Crippen LogP contribution is 2.26. The summed E-state index contributed by atoms with van der Waals surface area (Å²) >= 11 is 0. The van der Waals surface area contributed by atoms with Gasteiger partial charge in [-0.1, -0.05) is 52.4 Å². The van der Waals surface area contributed by atoms with Crippen molar-refractivity contribution in [1.29, 1.82) is 0 Å². The van der Waals surface area contributed by atoms with Crippen LogP contribution in [0.15, 0.2) is 48.5 Å². The van der Waals surface area contributed by atoms with Crippen LogP contribution in [0.25, 0.3) is 0 Å². The first-order chi connectivity index (χ1) is 18.7. The molecule has 0 bridgehead atoms. The Morgan fingerprint density at radius 1 is 0.692 bits per heavy atom. The summed E-state index contributed by atoms with van der Waals surface area (Å²) < 4.78 is 59.8. The number of rotatable bonds is 16. The van der Waals surface area contributed by atoms with Gasteiger partial charge in [-0.3, -0.25) is 0 Å². The van der Waals surface area contributed by atoms with Crippen LogP contribution in [0.1, 0.15) is 85.9 Å². The number of hydrogen-bond acceptors (Lipinski definition) is 7. The summed E-state index contributed by atoms with van der Waals surface area (Å²) in [6.07, 6.45) is -0.698. The third-order valence-corrected chi connectivity index (χ3v) is 5.64. The molecule has 7 nitrogen and oxygen atoms in total. The van der Waals surface area contributed by atoms with E-state index in [9.17, 15) is 27.6 Å². The highest BCUT2D eigenvalue weighted by Gasteiger charge is 2.49. The van der Waals surface area contributed by atoms with E-state index >= 15 is 0 Å². The van der Waals surface area contributed by atoms with Crippen LogP contribution in [0.4, 0.5) is 13.2 Å². The maximum Gasteiger partial charge on any atom is 0.436 e. The number of benzene rings is 2. The molecule has 0 aromatic heterocycles. The maximum absolute atomic E-state index is 13.3. The normalized spacial score (nSPS) is 11.9. The fourth-order valence-electron chi connectivity index (χ4n) is 3.43. The molecule has 0 N–H and O–H groups in total. The van der Waals surface area contributed by atoms with Crippen molar-refractivity contribution >= 4 is 17.9 Å². The maximum atomic E-state index is 13.3. The molecule has 0 saturated heterocycles. The van der Waals surface area contributed by atoms with Gasteiger partial charge >= 0.3 is 24.1 Å². The summed E-state index contributed by atoms with van der Waals surface area (Å²) in [6, 6.07) is 11.1. The fraction of sp³-hybridized carbons (Fsp3) is 0.483. The topological polar surface area (TPSA) is 88.1 Å². The second-order valence-electron chi connectivity index (χ2n) is 8.90. The van der Waals surface area contributed by atoms with Gasteiger partial charge in [0.15, 0.2) is 0 Å². The number of esters is 3. The van der Waals surface area contributed by atoms with Crippen molar-refractivity contribution < 1.29 is 46.5 Å². The van der Waals surface area contributed by atoms with Crippen LogP contribution in [-0.2, 0) is 14.3 Å². The van der Waals surface area contributed by atoms with E-state index in [1.54, 1.807) is 24.3 Å². The van der Waals surface area contributed by atoms with Gasteiger partial charge in [-0.15, -0.1) is 0 Å². The van der Waals surface area contributed by atoms with Crippen molar-refractivity contribution in [3.63, 3.8) is 0 Å². The minimum absolute atomic E-state index is 0.0617. The SMILES string of the molecule is CCCCCCCOc1ccc(C(=O)Oc2ccc(C(=O)OC(C(=O)OCCCCC)C(F)(F)F)cc2)cc1. The summed E-state index contributed by atoms with van der Waals surface area (Å²) in [5.41, 5.74) is -0.00159. The van der Waals surface area contributed by atoms with Crippen molar-refractivity contribution in [2.45, 2.75) is 77.5 Å². The van der Waals surface area contributed by atoms with Crippen LogP contribution >= 0.6 is 0 Å². The van der Waals surface area contributed by atoms with Gasteiger partial charge in [0.05, 0.1) is 24.3 Å². The Kier molecular flexibility index (Phi) is 13.3. The number of hydrogen-bond donors (Lipinski definition) is 0. The molecular formula is C29H35F3O7. The molecule has 10 heteroatoms. The average Bonchev–Trinajstić information content (AvgIpc) is 2.91. The highest BCUT2D eigenvalue weighted by atomic mass is 19.4. The van der Waals surface area contributed by atoms with E-state index in [0.29, 0.717) is 25.2 Å². The van der Waals surface area contributed by atoms with Crippen LogP contribution in [-0.4, -0.2) is 43.4 Å². The Labute approximate surface area is 226 Å². The first-order valence-corrected chi connectivity index (χ1v) is 13.1. The second kappa shape index (κ2) is 16.4. The van der Waals surface area contributed by atoms with E-state index in [4.69, 9.17) is 9.47 Å². The molecule has 0 aliphatic rings. The lowest BCUT2D eigenvalue weighted by Gasteiger charge is -2.19. The van der Waals surface area contributed by atoms with Crippen molar-refractivity contribution in [2.24, 2.45) is 0 Å². The summed E-state index contributed by atoms with van der Waals surface area (Å²) in [5, 5.41) is 0. The van der Waals surface area contributed by atoms with E-state index in [2.05, 4.69) is 16.4 Å². The first kappa shape index (κ1) is 31.7. The monoisotopic (exact) mass is 552 g/mol. The van der Waals surface area contributed by atoms with E-state index < -0.39 is 30.2 Å². The van der Waals surface area contributed by atoms with Gasteiger partial charge in [-0.05, 0) is 61.4 Å². The zero-order valence-electron chi connectivity index (χ0n) is 22.3. The number of carbonyl (C=O) groups excluding carboxylic acids is 3. The first-order valence-electron chi connectivity index (χ1n) is 13.1. The smallest absolute Gasteiger partial charge is 0.436 e. The average molecular weight is 553 g/mol. The van der Waals surface area contributed by atoms with Gasteiger partial charge in [-0.25, -0.2) is 14.4 Å². The van der Waals surface area contributed by atoms with E-state index in [1.807, 2.05) is 6.92 Å². The van der Waals surface area contributed by atoms with E-state index in [1.165, 1.54) is 31.4 Å². The molecule has 1 unspecified atom stereocenters. The molecule has 2 aromatic carbocycles. The predicted octanol–water partition coefficient (Wildman–Crippen LogP) is 7.08. The third kappa shape index (κ3) is 11.4. The van der Waals surface area contributed by atoms with E-state index in [0.717, 1.165) is 31.4 Å². The van der Waals surface area contributed by atoms with Gasteiger partial charge in [0, 0.05) is 0 Å². The third-order valence-electron chi connectivity index (χ3n) is 5.64. The Bertz CT molecular complexity index is 1030. The van der Waals surface area contributed by atoms with Crippen molar-refractivity contribution in [3.8, 4) is 11.5 Å². The fourth-order valence-corrected chi connectivity index (χ4v) is 3.43. The van der Waals surface area contributed by atoms with Crippen molar-refractivity contribution in [3.05, 3.63) is 59.7 Å². The lowest BCUT2D eigenvalue weighted by molar-refractivity contribution is -0.218. The summed E-state index contributed by atoms with van der Waals surface area (Å²) in [4.78, 5) is 36.6. The zero-order valence-corrected chi connectivity index (χ0v) is 22.3. The Balaban J connectivity index is 1.89. The standard InChI is InChI=1S/C29H35F3O7/c1-3-5-7-8-10-19-36-23-15-11-21(12-16-23)26(33)38-24-17-13-22(14-18-24)27(34)39-25(29(30,31)32)28(35)37-20-9-6-4-2/h11-18,25H,3-10,19-20H2,1-2H3. The Hall–Kier alpha value is -3.56. The van der Waals surface area contributed by atoms with Gasteiger partial charge in [-0.2, -0.15) is 13.2 Å². The van der Waals surface area contributed by atoms with Crippen LogP contribution in [0.5, 0.6) is 11.5 Å². The van der Waals surface area contributed by atoms with Crippen LogP contribution in [0.3, 0.4) is 0 Å². The van der Waals surface area contributed by atoms with Gasteiger partial charge in [0.25, 0.3) is 6.10 Å². The molecule has 39 heavy (non-hydrogen) atoms. The molecular weight excluding hydrogens is 517 g/mol. The Morgan fingerprint density at radius 2 is 1.21 bits per heavy atom. The second-order valence-corrected chi connectivity index (χ2v) is 8.90. The van der Waals surface area contributed by atoms with Crippen LogP contribution in [0, 0.1) is 0 Å². The summed E-state index contributed by atoms with van der Waals surface area (Å²) in [5.74, 6) is -3.03. The van der Waals surface area contributed by atoms with Crippen LogP contribution in [0.2, 0.25) is 0 Å². The molecule has 214 valence electrons. The molecule has 0 radical (unpaired) electrons. The summed E-state index contributed by atoms with van der Waals surface area (Å²) in [7, 11) is 0.